The summed E-state index contributed by atoms with van der Waals surface area (Å²) in [5.41, 5.74) is 13.1. The van der Waals surface area contributed by atoms with Crippen LogP contribution in [0.25, 0.3) is 22.3 Å². The molecule has 2 nitrogen and oxygen atoms in total. The fourth-order valence-electron chi connectivity index (χ4n) is 6.67. The molecule has 1 heterocycles. The quantitative estimate of drug-likeness (QED) is 0.242. The van der Waals surface area contributed by atoms with Crippen molar-refractivity contribution < 1.29 is 9.31 Å². The number of hydrogen-bond donors (Lipinski definition) is 0. The van der Waals surface area contributed by atoms with Gasteiger partial charge in [0.1, 0.15) is 0 Å². The maximum atomic E-state index is 6.68. The number of aryl methyl sites for hydroxylation is 2. The minimum Gasteiger partial charge on any atom is -0.399 e. The first-order chi connectivity index (χ1) is 17.1. The second-order valence-corrected chi connectivity index (χ2v) is 11.8. The summed E-state index contributed by atoms with van der Waals surface area (Å²) in [6.07, 6.45) is 0. The van der Waals surface area contributed by atoms with Gasteiger partial charge in [0.2, 0.25) is 0 Å². The normalized spacial score (nSPS) is 19.2. The Hall–Kier alpha value is -3.14. The van der Waals surface area contributed by atoms with E-state index >= 15 is 0 Å². The summed E-state index contributed by atoms with van der Waals surface area (Å²) in [5, 5.41) is 0. The zero-order valence-corrected chi connectivity index (χ0v) is 21.9. The van der Waals surface area contributed by atoms with E-state index in [9.17, 15) is 0 Å². The van der Waals surface area contributed by atoms with Crippen molar-refractivity contribution in [1.82, 2.24) is 0 Å². The molecule has 1 aliphatic heterocycles. The summed E-state index contributed by atoms with van der Waals surface area (Å²) in [6, 6.07) is 29.5. The smallest absolute Gasteiger partial charge is 0.399 e. The van der Waals surface area contributed by atoms with Crippen molar-refractivity contribution >= 4 is 12.6 Å². The summed E-state index contributed by atoms with van der Waals surface area (Å²) in [6.45, 7) is 12.9. The predicted molar refractivity (Wildman–Crippen MR) is 148 cm³/mol. The number of rotatable bonds is 1. The van der Waals surface area contributed by atoms with Gasteiger partial charge in [-0.25, -0.2) is 0 Å². The van der Waals surface area contributed by atoms with Crippen LogP contribution in [-0.4, -0.2) is 18.3 Å². The van der Waals surface area contributed by atoms with Gasteiger partial charge in [-0.05, 0) is 91.5 Å². The Bertz CT molecular complexity index is 1510. The van der Waals surface area contributed by atoms with Crippen molar-refractivity contribution in [3.63, 3.8) is 0 Å². The topological polar surface area (TPSA) is 18.5 Å². The summed E-state index contributed by atoms with van der Waals surface area (Å²) >= 11 is 0. The zero-order valence-electron chi connectivity index (χ0n) is 21.9. The minimum atomic E-state index is -0.432. The highest BCUT2D eigenvalue weighted by Gasteiger charge is 2.57. The Morgan fingerprint density at radius 2 is 1.08 bits per heavy atom. The Labute approximate surface area is 214 Å². The largest absolute Gasteiger partial charge is 0.495 e. The third kappa shape index (κ3) is 2.60. The minimum absolute atomic E-state index is 0.405. The highest BCUT2D eigenvalue weighted by Crippen LogP contribution is 2.62. The zero-order chi connectivity index (χ0) is 25.0. The molecule has 0 N–H and O–H groups in total. The number of hydrogen-bond acceptors (Lipinski definition) is 2. The molecule has 4 aromatic rings. The summed E-state index contributed by atoms with van der Waals surface area (Å²) in [4.78, 5) is 0. The van der Waals surface area contributed by atoms with Crippen LogP contribution in [0.5, 0.6) is 0 Å². The highest BCUT2D eigenvalue weighted by molar-refractivity contribution is 6.63. The molecule has 3 heteroatoms. The molecule has 4 aromatic carbocycles. The molecule has 1 saturated heterocycles. The van der Waals surface area contributed by atoms with E-state index in [1.165, 1.54) is 55.6 Å². The molecule has 1 fully saturated rings. The van der Waals surface area contributed by atoms with E-state index < -0.39 is 23.7 Å². The fraction of sp³-hybridized carbons (Fsp3) is 0.273. The van der Waals surface area contributed by atoms with Crippen molar-refractivity contribution in [3.8, 4) is 22.3 Å². The summed E-state index contributed by atoms with van der Waals surface area (Å²) in [7, 11) is -0.432. The lowest BCUT2D eigenvalue weighted by Gasteiger charge is -2.33. The van der Waals surface area contributed by atoms with Gasteiger partial charge in [-0.3, -0.25) is 0 Å². The van der Waals surface area contributed by atoms with Crippen LogP contribution in [0.4, 0.5) is 0 Å². The second-order valence-electron chi connectivity index (χ2n) is 11.8. The van der Waals surface area contributed by atoms with E-state index in [0.29, 0.717) is 0 Å². The lowest BCUT2D eigenvalue weighted by Crippen LogP contribution is -2.42. The van der Waals surface area contributed by atoms with Gasteiger partial charge in [0, 0.05) is 0 Å². The van der Waals surface area contributed by atoms with Crippen LogP contribution in [0, 0.1) is 13.8 Å². The lowest BCUT2D eigenvalue weighted by atomic mass is 9.63. The standard InChI is InChI=1S/C33H31BO2/c1-20-14-16-23-24-17-15-21(2)19-28(24)33(27(23)18-20)26-12-8-7-10-22(26)25-11-9-13-29(30(25)33)34-35-31(3,4)32(5,6)36-34/h7-19H,1-6H3. The van der Waals surface area contributed by atoms with Gasteiger partial charge >= 0.3 is 7.12 Å². The van der Waals surface area contributed by atoms with E-state index in [1.807, 2.05) is 0 Å². The predicted octanol–water partition coefficient (Wildman–Crippen LogP) is 6.95. The maximum Gasteiger partial charge on any atom is 0.495 e. The SMILES string of the molecule is Cc1ccc2c(c1)C1(c3cc(C)ccc3-2)c2ccccc2-c2cccc(B3OC(C)(C)C(C)(C)O3)c21. The summed E-state index contributed by atoms with van der Waals surface area (Å²) < 4.78 is 13.4. The molecule has 0 amide bonds. The third-order valence-corrected chi connectivity index (χ3v) is 9.05. The van der Waals surface area contributed by atoms with Gasteiger partial charge in [-0.2, -0.15) is 0 Å². The molecule has 3 aliphatic rings. The van der Waals surface area contributed by atoms with Gasteiger partial charge in [0.15, 0.2) is 0 Å². The molecule has 0 radical (unpaired) electrons. The Morgan fingerprint density at radius 1 is 0.556 bits per heavy atom. The van der Waals surface area contributed by atoms with Crippen molar-refractivity contribution in [2.75, 3.05) is 0 Å². The Kier molecular flexibility index (Phi) is 4.29. The van der Waals surface area contributed by atoms with Crippen LogP contribution in [0.1, 0.15) is 61.1 Å². The Morgan fingerprint density at radius 3 is 1.69 bits per heavy atom. The molecule has 0 atom stereocenters. The summed E-state index contributed by atoms with van der Waals surface area (Å²) in [5.74, 6) is 0. The molecule has 7 rings (SSSR count). The molecule has 0 bridgehead atoms. The number of fused-ring (bicyclic) bond motifs is 10. The fourth-order valence-corrected chi connectivity index (χ4v) is 6.67. The van der Waals surface area contributed by atoms with Crippen LogP contribution >= 0.6 is 0 Å². The molecule has 36 heavy (non-hydrogen) atoms. The molecule has 2 aliphatic carbocycles. The second kappa shape index (κ2) is 7.00. The lowest BCUT2D eigenvalue weighted by molar-refractivity contribution is 0.00578. The molecule has 0 aromatic heterocycles. The van der Waals surface area contributed by atoms with Gasteiger partial charge in [0.05, 0.1) is 16.6 Å². The highest BCUT2D eigenvalue weighted by atomic mass is 16.7. The first kappa shape index (κ1) is 22.1. The van der Waals surface area contributed by atoms with Gasteiger partial charge < -0.3 is 9.31 Å². The van der Waals surface area contributed by atoms with Crippen LogP contribution in [0.3, 0.4) is 0 Å². The monoisotopic (exact) mass is 470 g/mol. The van der Waals surface area contributed by atoms with Gasteiger partial charge in [-0.15, -0.1) is 0 Å². The number of benzene rings is 4. The average Bonchev–Trinajstić information content (AvgIpc) is 3.38. The third-order valence-electron chi connectivity index (χ3n) is 9.05. The van der Waals surface area contributed by atoms with Crippen molar-refractivity contribution in [2.24, 2.45) is 0 Å². The van der Waals surface area contributed by atoms with E-state index in [-0.39, 0.29) is 0 Å². The first-order valence-corrected chi connectivity index (χ1v) is 13.0. The van der Waals surface area contributed by atoms with Crippen molar-refractivity contribution in [2.45, 2.75) is 58.2 Å². The van der Waals surface area contributed by atoms with E-state index in [2.05, 4.69) is 120 Å². The van der Waals surface area contributed by atoms with Crippen molar-refractivity contribution in [1.29, 1.82) is 0 Å². The molecule has 178 valence electrons. The van der Waals surface area contributed by atoms with Gasteiger partial charge in [0.25, 0.3) is 0 Å². The van der Waals surface area contributed by atoms with Crippen LogP contribution in [0.15, 0.2) is 78.9 Å². The molecule has 0 saturated carbocycles. The van der Waals surface area contributed by atoms with E-state index in [0.717, 1.165) is 5.46 Å². The Balaban J connectivity index is 1.63. The molecular formula is C33H31BO2. The molecule has 0 unspecified atom stereocenters. The molecular weight excluding hydrogens is 439 g/mol. The molecule has 1 spiro atoms. The first-order valence-electron chi connectivity index (χ1n) is 13.0. The van der Waals surface area contributed by atoms with Crippen LogP contribution in [-0.2, 0) is 14.7 Å². The van der Waals surface area contributed by atoms with Crippen molar-refractivity contribution in [3.05, 3.63) is 112 Å². The average molecular weight is 470 g/mol. The maximum absolute atomic E-state index is 6.68. The van der Waals surface area contributed by atoms with E-state index in [4.69, 9.17) is 9.31 Å². The van der Waals surface area contributed by atoms with Crippen LogP contribution in [0.2, 0.25) is 0 Å². The van der Waals surface area contributed by atoms with Crippen LogP contribution < -0.4 is 5.46 Å². The van der Waals surface area contributed by atoms with E-state index in [1.54, 1.807) is 0 Å². The van der Waals surface area contributed by atoms with Gasteiger partial charge in [-0.1, -0.05) is 90.0 Å².